The van der Waals surface area contributed by atoms with Gasteiger partial charge in [-0.1, -0.05) is 0 Å². The number of aromatic amines is 1. The minimum Gasteiger partial charge on any atom is -0.365 e. The van der Waals surface area contributed by atoms with Gasteiger partial charge in [0, 0.05) is 37.1 Å². The number of hydrogen-bond donors (Lipinski definition) is 2. The fraction of sp³-hybridized carbons (Fsp3) is 0.389. The lowest BCUT2D eigenvalue weighted by atomic mass is 9.94. The van der Waals surface area contributed by atoms with E-state index in [1.165, 1.54) is 0 Å². The lowest BCUT2D eigenvalue weighted by Gasteiger charge is -2.37. The average molecular weight is 376 g/mol. The number of nitrogens with one attached hydrogen (secondary N) is 2. The molecule has 0 bridgehead atoms. The number of pyridine rings is 1. The summed E-state index contributed by atoms with van der Waals surface area (Å²) >= 11 is 0. The molecular weight excluding hydrogens is 357 g/mol. The van der Waals surface area contributed by atoms with Crippen molar-refractivity contribution in [1.29, 1.82) is 0 Å². The van der Waals surface area contributed by atoms with Crippen LogP contribution < -0.4 is 5.32 Å². The molecule has 1 fully saturated rings. The van der Waals surface area contributed by atoms with Gasteiger partial charge in [-0.15, -0.1) is 0 Å². The van der Waals surface area contributed by atoms with Crippen LogP contribution in [-0.2, 0) is 0 Å². The Kier molecular flexibility index (Phi) is 4.47. The third-order valence-electron chi connectivity index (χ3n) is 4.78. The number of hydrogen-bond acceptors (Lipinski definition) is 5. The number of likely N-dealkylation sites (tertiary alicyclic amines) is 1. The number of fused-ring (bicyclic) bond motifs is 1. The normalized spacial score (nSPS) is 21.5. The summed E-state index contributed by atoms with van der Waals surface area (Å²) in [6.07, 6.45) is 0.819. The van der Waals surface area contributed by atoms with Crippen LogP contribution in [0.15, 0.2) is 36.8 Å². The molecule has 0 aliphatic carbocycles. The molecule has 2 N–H and O–H groups in total. The van der Waals surface area contributed by atoms with Gasteiger partial charge in [-0.25, -0.2) is 15.0 Å². The molecule has 0 unspecified atom stereocenters. The van der Waals surface area contributed by atoms with E-state index in [0.717, 1.165) is 5.52 Å². The third kappa shape index (κ3) is 3.73. The lowest BCUT2D eigenvalue weighted by Crippen LogP contribution is -2.48. The summed E-state index contributed by atoms with van der Waals surface area (Å²) in [4.78, 5) is 17.9. The lowest BCUT2D eigenvalue weighted by molar-refractivity contribution is -0.186. The largest absolute Gasteiger partial charge is 0.393 e. The first-order chi connectivity index (χ1) is 12.9. The summed E-state index contributed by atoms with van der Waals surface area (Å²) in [7, 11) is 1.71. The molecule has 1 aliphatic rings. The number of H-pyrrole nitrogens is 1. The van der Waals surface area contributed by atoms with Gasteiger partial charge in [0.15, 0.2) is 5.65 Å². The fourth-order valence-corrected chi connectivity index (χ4v) is 3.54. The summed E-state index contributed by atoms with van der Waals surface area (Å²) in [5, 5.41) is 3.19. The Morgan fingerprint density at radius 1 is 1.22 bits per heavy atom. The third-order valence-corrected chi connectivity index (χ3v) is 4.78. The molecule has 3 aromatic rings. The summed E-state index contributed by atoms with van der Waals surface area (Å²) in [6, 6.07) is 5.08. The van der Waals surface area contributed by atoms with Crippen molar-refractivity contribution in [2.75, 3.05) is 25.5 Å². The molecule has 1 aliphatic heterocycles. The second-order valence-corrected chi connectivity index (χ2v) is 6.90. The van der Waals surface area contributed by atoms with E-state index in [0.29, 0.717) is 29.3 Å². The van der Waals surface area contributed by atoms with Crippen LogP contribution >= 0.6 is 0 Å². The quantitative estimate of drug-likeness (QED) is 0.734. The van der Waals surface area contributed by atoms with Gasteiger partial charge in [0.25, 0.3) is 0 Å². The van der Waals surface area contributed by atoms with Gasteiger partial charge < -0.3 is 15.2 Å². The second kappa shape index (κ2) is 6.80. The van der Waals surface area contributed by atoms with Crippen LogP contribution in [0.1, 0.15) is 6.42 Å². The van der Waals surface area contributed by atoms with Crippen LogP contribution in [0.25, 0.3) is 22.4 Å². The summed E-state index contributed by atoms with van der Waals surface area (Å²) in [6.45, 7) is 0.539. The molecular formula is C18H19F3N6. The molecule has 0 radical (unpaired) electrons. The van der Waals surface area contributed by atoms with Gasteiger partial charge in [0.05, 0.1) is 17.8 Å². The summed E-state index contributed by atoms with van der Waals surface area (Å²) < 4.78 is 39.6. The Labute approximate surface area is 153 Å². The highest BCUT2D eigenvalue weighted by atomic mass is 19.4. The Hall–Kier alpha value is -2.68. The van der Waals surface area contributed by atoms with Gasteiger partial charge >= 0.3 is 6.18 Å². The number of rotatable bonds is 3. The minimum atomic E-state index is -4.20. The Bertz CT molecular complexity index is 938. The van der Waals surface area contributed by atoms with Crippen LogP contribution in [0.5, 0.6) is 0 Å². The van der Waals surface area contributed by atoms with Crippen molar-refractivity contribution >= 4 is 17.0 Å². The maximum absolute atomic E-state index is 13.2. The molecule has 3 aromatic heterocycles. The van der Waals surface area contributed by atoms with Crippen molar-refractivity contribution in [3.8, 4) is 11.3 Å². The second-order valence-electron chi connectivity index (χ2n) is 6.90. The molecule has 142 valence electrons. The first kappa shape index (κ1) is 17.7. The van der Waals surface area contributed by atoms with Crippen molar-refractivity contribution in [3.63, 3.8) is 0 Å². The van der Waals surface area contributed by atoms with Crippen molar-refractivity contribution in [1.82, 2.24) is 24.8 Å². The van der Waals surface area contributed by atoms with E-state index in [1.54, 1.807) is 36.6 Å². The smallest absolute Gasteiger partial charge is 0.365 e. The number of anilines is 1. The van der Waals surface area contributed by atoms with Crippen molar-refractivity contribution < 1.29 is 13.2 Å². The van der Waals surface area contributed by atoms with E-state index < -0.39 is 12.1 Å². The van der Waals surface area contributed by atoms with Gasteiger partial charge in [-0.2, -0.15) is 13.2 Å². The maximum atomic E-state index is 13.2. The Morgan fingerprint density at radius 2 is 2.07 bits per heavy atom. The van der Waals surface area contributed by atoms with Crippen LogP contribution in [0.4, 0.5) is 19.0 Å². The standard InChI is InChI=1S/C18H19F3N6/c1-27-9-11(18(19,20)21)7-12(10-27)25-16-13(3-2-5-22-16)15-8-24-17-14(26-15)4-6-23-17/h2-6,8,11-12H,7,9-10H2,1H3,(H,22,25)(H,23,24)/t11-,12-/m0/s1. The zero-order valence-corrected chi connectivity index (χ0v) is 14.7. The number of halogens is 3. The molecule has 0 spiro atoms. The molecule has 0 saturated carbocycles. The minimum absolute atomic E-state index is 0.0202. The average Bonchev–Trinajstić information content (AvgIpc) is 3.08. The summed E-state index contributed by atoms with van der Waals surface area (Å²) in [5.41, 5.74) is 2.73. The SMILES string of the molecule is CN1C[C@@H](Nc2ncccc2-c2cnc3[nH]ccc3n2)C[C@H](C(F)(F)F)C1. The van der Waals surface area contributed by atoms with Gasteiger partial charge in [0.1, 0.15) is 11.3 Å². The first-order valence-electron chi connectivity index (χ1n) is 8.67. The number of nitrogens with zero attached hydrogens (tertiary/aromatic N) is 4. The van der Waals surface area contributed by atoms with E-state index in [-0.39, 0.29) is 19.0 Å². The highest BCUT2D eigenvalue weighted by Crippen LogP contribution is 2.34. The topological polar surface area (TPSA) is 69.7 Å². The van der Waals surface area contributed by atoms with Crippen molar-refractivity contribution in [2.24, 2.45) is 5.92 Å². The van der Waals surface area contributed by atoms with Gasteiger partial charge in [-0.3, -0.25) is 0 Å². The molecule has 9 heteroatoms. The molecule has 0 aromatic carbocycles. The first-order valence-corrected chi connectivity index (χ1v) is 8.67. The zero-order valence-electron chi connectivity index (χ0n) is 14.7. The van der Waals surface area contributed by atoms with Crippen molar-refractivity contribution in [2.45, 2.75) is 18.6 Å². The van der Waals surface area contributed by atoms with E-state index in [9.17, 15) is 13.2 Å². The van der Waals surface area contributed by atoms with E-state index in [4.69, 9.17) is 0 Å². The van der Waals surface area contributed by atoms with E-state index in [1.807, 2.05) is 12.1 Å². The molecule has 0 amide bonds. The van der Waals surface area contributed by atoms with E-state index >= 15 is 0 Å². The molecule has 27 heavy (non-hydrogen) atoms. The molecule has 1 saturated heterocycles. The van der Waals surface area contributed by atoms with E-state index in [2.05, 4.69) is 25.3 Å². The zero-order chi connectivity index (χ0) is 19.0. The van der Waals surface area contributed by atoms with Crippen molar-refractivity contribution in [3.05, 3.63) is 36.8 Å². The fourth-order valence-electron chi connectivity index (χ4n) is 3.54. The monoisotopic (exact) mass is 376 g/mol. The number of alkyl halides is 3. The predicted molar refractivity (Wildman–Crippen MR) is 96.2 cm³/mol. The Balaban J connectivity index is 1.61. The highest BCUT2D eigenvalue weighted by molar-refractivity contribution is 5.78. The highest BCUT2D eigenvalue weighted by Gasteiger charge is 2.43. The molecule has 6 nitrogen and oxygen atoms in total. The van der Waals surface area contributed by atoms with Crippen LogP contribution in [0, 0.1) is 5.92 Å². The van der Waals surface area contributed by atoms with Gasteiger partial charge in [0.2, 0.25) is 0 Å². The summed E-state index contributed by atoms with van der Waals surface area (Å²) in [5.74, 6) is -0.833. The maximum Gasteiger partial charge on any atom is 0.393 e. The molecule has 4 heterocycles. The number of likely N-dealkylation sites (N-methyl/N-ethyl adjacent to an activating group) is 1. The van der Waals surface area contributed by atoms with Crippen LogP contribution in [-0.4, -0.2) is 57.2 Å². The molecule has 2 atom stereocenters. The Morgan fingerprint density at radius 3 is 2.89 bits per heavy atom. The van der Waals surface area contributed by atoms with Crippen LogP contribution in [0.3, 0.4) is 0 Å². The van der Waals surface area contributed by atoms with Crippen LogP contribution in [0.2, 0.25) is 0 Å². The molecule has 4 rings (SSSR count). The number of piperidine rings is 1. The van der Waals surface area contributed by atoms with Gasteiger partial charge in [-0.05, 0) is 31.7 Å². The number of aromatic nitrogens is 4. The predicted octanol–water partition coefficient (Wildman–Crippen LogP) is 3.31.